The van der Waals surface area contributed by atoms with Crippen LogP contribution in [0.2, 0.25) is 0 Å². The second-order valence-electron chi connectivity index (χ2n) is 18.2. The molecule has 1 atom stereocenters. The molecule has 1 amide bonds. The largest absolute Gasteiger partial charge is 0.508 e. The van der Waals surface area contributed by atoms with Gasteiger partial charge in [0, 0.05) is 55.3 Å². The summed E-state index contributed by atoms with van der Waals surface area (Å²) in [5, 5.41) is 28.7. The van der Waals surface area contributed by atoms with E-state index >= 15 is 0 Å². The number of benzene rings is 3. The molecule has 3 aromatic carbocycles. The lowest BCUT2D eigenvalue weighted by Crippen LogP contribution is -2.53. The van der Waals surface area contributed by atoms with E-state index in [0.717, 1.165) is 52.6 Å². The van der Waals surface area contributed by atoms with Crippen LogP contribution < -0.4 is 16.0 Å². The van der Waals surface area contributed by atoms with E-state index in [4.69, 9.17) is 19.2 Å². The van der Waals surface area contributed by atoms with Gasteiger partial charge in [0.1, 0.15) is 29.5 Å². The Balaban J connectivity index is 0.850. The molecule has 6 heterocycles. The molecule has 3 N–H and O–H groups in total. The van der Waals surface area contributed by atoms with Crippen LogP contribution in [0.5, 0.6) is 17.2 Å². The number of hydrogen-bond donors (Lipinski definition) is 3. The van der Waals surface area contributed by atoms with Gasteiger partial charge in [0.05, 0.1) is 40.3 Å². The van der Waals surface area contributed by atoms with Gasteiger partial charge in [-0.2, -0.15) is 5.10 Å². The summed E-state index contributed by atoms with van der Waals surface area (Å²) in [5.41, 5.74) is 4.44. The number of nitrogens with one attached hydrogen (secondary N) is 1. The molecule has 342 valence electrons. The van der Waals surface area contributed by atoms with Gasteiger partial charge in [0.2, 0.25) is 5.60 Å². The molecule has 1 saturated heterocycles. The molecule has 1 unspecified atom stereocenters. The maximum atomic E-state index is 14.4. The number of aromatic hydroxyl groups is 2. The van der Waals surface area contributed by atoms with Gasteiger partial charge in [-0.1, -0.05) is 46.8 Å². The number of aromatic nitrogens is 5. The minimum atomic E-state index is -1.83. The fourth-order valence-corrected chi connectivity index (χ4v) is 9.95. The Hall–Kier alpha value is -6.94. The van der Waals surface area contributed by atoms with Crippen LogP contribution in [0.25, 0.3) is 39.4 Å². The number of ether oxygens (including phenoxy) is 3. The molecular weight excluding hydrogens is 843 g/mol. The lowest BCUT2D eigenvalue weighted by molar-refractivity contribution is -0.173. The lowest BCUT2D eigenvalue weighted by Gasteiger charge is -2.39. The van der Waals surface area contributed by atoms with E-state index in [0.29, 0.717) is 79.5 Å². The molecule has 16 heteroatoms. The third-order valence-corrected chi connectivity index (χ3v) is 14.1. The van der Waals surface area contributed by atoms with E-state index < -0.39 is 23.4 Å². The highest BCUT2D eigenvalue weighted by atomic mass is 16.6. The molecule has 1 aliphatic carbocycles. The Morgan fingerprint density at radius 1 is 0.909 bits per heavy atom. The van der Waals surface area contributed by atoms with Gasteiger partial charge in [-0.3, -0.25) is 9.69 Å². The molecule has 3 aliphatic heterocycles. The first-order valence-corrected chi connectivity index (χ1v) is 22.9. The second kappa shape index (κ2) is 16.2. The molecule has 1 saturated carbocycles. The summed E-state index contributed by atoms with van der Waals surface area (Å²) in [6.45, 7) is 12.2. The number of piperazine rings is 1. The van der Waals surface area contributed by atoms with Crippen LogP contribution in [0, 0.1) is 0 Å². The normalized spacial score (nSPS) is 18.5. The lowest BCUT2D eigenvalue weighted by atomic mass is 9.85. The highest BCUT2D eigenvalue weighted by molar-refractivity contribution is 5.90. The number of rotatable bonds is 11. The molecule has 3 aromatic heterocycles. The third-order valence-electron chi connectivity index (χ3n) is 14.1. The first kappa shape index (κ1) is 43.0. The zero-order valence-corrected chi connectivity index (χ0v) is 37.8. The number of carbonyl (C=O) groups is 2. The van der Waals surface area contributed by atoms with Gasteiger partial charge in [-0.25, -0.2) is 29.0 Å². The number of fused-ring (bicyclic) bond motifs is 5. The van der Waals surface area contributed by atoms with E-state index in [1.54, 1.807) is 40.7 Å². The summed E-state index contributed by atoms with van der Waals surface area (Å²) in [6.07, 6.45) is 3.15. The summed E-state index contributed by atoms with van der Waals surface area (Å²) in [5.74, 6) is 0.0389. The highest BCUT2D eigenvalue weighted by Crippen LogP contribution is 2.46. The molecule has 6 aromatic rings. The Kier molecular flexibility index (Phi) is 10.5. The number of cyclic esters (lactones) is 1. The minimum absolute atomic E-state index is 0.0333. The molecule has 0 radical (unpaired) electrons. The number of phenols is 2. The summed E-state index contributed by atoms with van der Waals surface area (Å²) < 4.78 is 21.4. The van der Waals surface area contributed by atoms with Crippen molar-refractivity contribution in [2.45, 2.75) is 104 Å². The van der Waals surface area contributed by atoms with Crippen molar-refractivity contribution in [1.82, 2.24) is 34.1 Å². The molecule has 2 fully saturated rings. The summed E-state index contributed by atoms with van der Waals surface area (Å²) in [4.78, 5) is 64.1. The number of hydrogen-bond acceptors (Lipinski definition) is 12. The van der Waals surface area contributed by atoms with Gasteiger partial charge in [-0.05, 0) is 97.2 Å². The average molecular weight is 896 g/mol. The van der Waals surface area contributed by atoms with E-state index in [9.17, 15) is 29.4 Å². The van der Waals surface area contributed by atoms with Crippen molar-refractivity contribution in [1.29, 1.82) is 0 Å². The summed E-state index contributed by atoms with van der Waals surface area (Å²) in [6, 6.07) is 18.1. The third kappa shape index (κ3) is 7.09. The van der Waals surface area contributed by atoms with Crippen LogP contribution in [0.4, 0.5) is 4.79 Å². The predicted octanol–water partition coefficient (Wildman–Crippen LogP) is 7.00. The Morgan fingerprint density at radius 3 is 2.35 bits per heavy atom. The number of pyridine rings is 2. The fraction of sp³-hybridized carbons (Fsp3) is 0.400. The van der Waals surface area contributed by atoms with Crippen LogP contribution in [0.1, 0.15) is 99.6 Å². The van der Waals surface area contributed by atoms with Crippen molar-refractivity contribution in [3.05, 3.63) is 115 Å². The molecular formula is C50H53N7O9. The molecule has 0 spiro atoms. The highest BCUT2D eigenvalue weighted by Gasteiger charge is 2.51. The molecule has 66 heavy (non-hydrogen) atoms. The van der Waals surface area contributed by atoms with Crippen LogP contribution in [0.15, 0.2) is 70.3 Å². The Morgan fingerprint density at radius 2 is 1.67 bits per heavy atom. The van der Waals surface area contributed by atoms with Crippen molar-refractivity contribution in [3.8, 4) is 45.7 Å². The van der Waals surface area contributed by atoms with E-state index in [-0.39, 0.29) is 53.0 Å². The first-order chi connectivity index (χ1) is 31.8. The molecule has 16 nitrogen and oxygen atoms in total. The SMILES string of the molecule is CCc1c2c(nc3ccc(OC4(CC)CC4)cc13)-c1cc3c(c(=O)n1C2)COC(=O)C3(CC)OC(=O)N1CCN(Cc2ccc(-n3c(-c4cc(C(C)C)c(O)cc4O)n[nH]c3=O)cc2)CC1. The van der Waals surface area contributed by atoms with Gasteiger partial charge in [0.15, 0.2) is 5.82 Å². The van der Waals surface area contributed by atoms with E-state index in [1.165, 1.54) is 10.6 Å². The first-order valence-electron chi connectivity index (χ1n) is 22.9. The number of esters is 1. The molecule has 4 aliphatic rings. The number of carbonyl (C=O) groups excluding carboxylic acids is 2. The van der Waals surface area contributed by atoms with Crippen LogP contribution in [0.3, 0.4) is 0 Å². The maximum Gasteiger partial charge on any atom is 0.411 e. The van der Waals surface area contributed by atoms with Gasteiger partial charge in [-0.15, -0.1) is 0 Å². The second-order valence-corrected chi connectivity index (χ2v) is 18.2. The van der Waals surface area contributed by atoms with Crippen LogP contribution >= 0.6 is 0 Å². The van der Waals surface area contributed by atoms with Gasteiger partial charge < -0.3 is 33.9 Å². The fourth-order valence-electron chi connectivity index (χ4n) is 9.95. The topological polar surface area (TPSA) is 194 Å². The number of amides is 1. The van der Waals surface area contributed by atoms with Crippen molar-refractivity contribution in [2.75, 3.05) is 26.2 Å². The smallest absolute Gasteiger partial charge is 0.411 e. The zero-order chi connectivity index (χ0) is 46.2. The van der Waals surface area contributed by atoms with Crippen molar-refractivity contribution < 1.29 is 34.0 Å². The van der Waals surface area contributed by atoms with Crippen LogP contribution in [-0.4, -0.2) is 88.2 Å². The van der Waals surface area contributed by atoms with Gasteiger partial charge >= 0.3 is 17.8 Å². The average Bonchev–Trinajstić information content (AvgIpc) is 3.84. The van der Waals surface area contributed by atoms with E-state index in [2.05, 4.69) is 35.0 Å². The Bertz CT molecular complexity index is 3070. The van der Waals surface area contributed by atoms with Gasteiger partial charge in [0.25, 0.3) is 5.56 Å². The molecule has 10 rings (SSSR count). The zero-order valence-electron chi connectivity index (χ0n) is 37.8. The minimum Gasteiger partial charge on any atom is -0.508 e. The number of aryl methyl sites for hydroxylation is 1. The molecule has 0 bridgehead atoms. The summed E-state index contributed by atoms with van der Waals surface area (Å²) in [7, 11) is 0. The standard InChI is InChI=1S/C50H53N7O9/c1-6-32-34-21-31(65-49(7-2)15-16-49)13-14-39(34)51-43-36(32)26-56-40(43)23-38-37(45(56)60)27-64-46(61)50(38,8-3)66-48(63)55-19-17-54(18-20-55)25-29-9-11-30(12-10-29)57-44(52-53-47(57)62)35-22-33(28(4)5)41(58)24-42(35)59/h9-14,21-24,28,58-59H,6-8,15-20,25-27H2,1-5H3,(H,53,62). The summed E-state index contributed by atoms with van der Waals surface area (Å²) >= 11 is 0. The predicted molar refractivity (Wildman–Crippen MR) is 245 cm³/mol. The number of phenolic OH excluding ortho intramolecular Hbond substituents is 2. The number of aromatic amines is 1. The maximum absolute atomic E-state index is 14.4. The number of H-pyrrole nitrogens is 1. The van der Waals surface area contributed by atoms with Crippen molar-refractivity contribution in [2.24, 2.45) is 0 Å². The van der Waals surface area contributed by atoms with Crippen LogP contribution in [-0.2, 0) is 46.0 Å². The quantitative estimate of drug-likeness (QED) is 0.113. The van der Waals surface area contributed by atoms with Crippen molar-refractivity contribution in [3.63, 3.8) is 0 Å². The van der Waals surface area contributed by atoms with E-state index in [1.807, 2.05) is 38.1 Å². The Labute approximate surface area is 380 Å². The monoisotopic (exact) mass is 895 g/mol. The number of nitrogens with zero attached hydrogens (tertiary/aromatic N) is 6. The van der Waals surface area contributed by atoms with Crippen molar-refractivity contribution >= 4 is 23.0 Å².